The minimum absolute atomic E-state index is 0.00392. The average molecular weight is 409 g/mol. The first-order chi connectivity index (χ1) is 13.9. The van der Waals surface area contributed by atoms with Crippen molar-refractivity contribution in [3.05, 3.63) is 71.0 Å². The molecule has 0 bridgehead atoms. The number of nitrogens with zero attached hydrogens (tertiary/aromatic N) is 2. The molecule has 8 heteroatoms. The molecule has 1 fully saturated rings. The number of nitrogens with one attached hydrogen (secondary N) is 1. The topological polar surface area (TPSA) is 71.4 Å². The van der Waals surface area contributed by atoms with Gasteiger partial charge in [0.15, 0.2) is 0 Å². The van der Waals surface area contributed by atoms with Crippen LogP contribution < -0.4 is 5.32 Å². The van der Waals surface area contributed by atoms with Crippen molar-refractivity contribution in [3.8, 4) is 0 Å². The quantitative estimate of drug-likeness (QED) is 0.662. The molecular weight excluding hydrogens is 393 g/mol. The Balaban J connectivity index is 1.53. The predicted molar refractivity (Wildman–Crippen MR) is 111 cm³/mol. The minimum atomic E-state index is -0.649. The van der Waals surface area contributed by atoms with E-state index in [1.807, 2.05) is 42.1 Å². The van der Waals surface area contributed by atoms with Gasteiger partial charge in [-0.05, 0) is 36.0 Å². The van der Waals surface area contributed by atoms with Gasteiger partial charge in [-0.25, -0.2) is 4.39 Å². The maximum atomic E-state index is 13.7. The summed E-state index contributed by atoms with van der Waals surface area (Å²) in [6.45, 7) is -0.480. The van der Waals surface area contributed by atoms with Crippen molar-refractivity contribution in [1.29, 1.82) is 0 Å². The second-order valence-corrected chi connectivity index (χ2v) is 7.50. The van der Waals surface area contributed by atoms with Crippen molar-refractivity contribution in [2.24, 2.45) is 7.05 Å². The summed E-state index contributed by atoms with van der Waals surface area (Å²) in [6, 6.07) is 13.4. The molecule has 29 heavy (non-hydrogen) atoms. The number of imide groups is 1. The van der Waals surface area contributed by atoms with Crippen molar-refractivity contribution in [1.82, 2.24) is 9.47 Å². The molecule has 0 unspecified atom stereocenters. The van der Waals surface area contributed by atoms with E-state index in [4.69, 9.17) is 0 Å². The number of para-hydroxylation sites is 2. The number of aryl methyl sites for hydroxylation is 1. The normalized spacial score (nSPS) is 15.5. The molecule has 0 radical (unpaired) electrons. The number of rotatable bonds is 4. The summed E-state index contributed by atoms with van der Waals surface area (Å²) in [5.41, 5.74) is 1.81. The highest BCUT2D eigenvalue weighted by Gasteiger charge is 2.36. The molecule has 3 amide bonds. The maximum Gasteiger partial charge on any atom is 0.294 e. The van der Waals surface area contributed by atoms with Crippen LogP contribution in [0.2, 0.25) is 0 Å². The third-order valence-electron chi connectivity index (χ3n) is 4.54. The van der Waals surface area contributed by atoms with E-state index in [-0.39, 0.29) is 10.6 Å². The monoisotopic (exact) mass is 409 g/mol. The number of hydrogen-bond acceptors (Lipinski definition) is 4. The van der Waals surface area contributed by atoms with Crippen LogP contribution >= 0.6 is 11.8 Å². The van der Waals surface area contributed by atoms with E-state index in [9.17, 15) is 18.8 Å². The van der Waals surface area contributed by atoms with Gasteiger partial charge in [-0.15, -0.1) is 0 Å². The number of hydrogen-bond donors (Lipinski definition) is 1. The summed E-state index contributed by atoms with van der Waals surface area (Å²) in [5.74, 6) is -1.79. The zero-order valence-corrected chi connectivity index (χ0v) is 16.2. The highest BCUT2D eigenvalue weighted by atomic mass is 32.2. The lowest BCUT2D eigenvalue weighted by Gasteiger charge is -2.12. The average Bonchev–Trinajstić information content (AvgIpc) is 3.15. The molecule has 0 aliphatic carbocycles. The van der Waals surface area contributed by atoms with Crippen LogP contribution in [0.5, 0.6) is 0 Å². The fourth-order valence-corrected chi connectivity index (χ4v) is 3.99. The first kappa shape index (κ1) is 18.9. The predicted octanol–water partition coefficient (Wildman–Crippen LogP) is 3.99. The van der Waals surface area contributed by atoms with Crippen LogP contribution in [0, 0.1) is 5.82 Å². The molecule has 146 valence electrons. The number of aromatic nitrogens is 1. The lowest BCUT2D eigenvalue weighted by Crippen LogP contribution is -2.36. The van der Waals surface area contributed by atoms with Crippen molar-refractivity contribution in [2.45, 2.75) is 0 Å². The lowest BCUT2D eigenvalue weighted by atomic mass is 10.1. The van der Waals surface area contributed by atoms with Gasteiger partial charge in [0.2, 0.25) is 5.91 Å². The Bertz CT molecular complexity index is 1180. The summed E-state index contributed by atoms with van der Waals surface area (Å²) in [6.07, 6.45) is 3.53. The van der Waals surface area contributed by atoms with Crippen molar-refractivity contribution < 1.29 is 18.8 Å². The van der Waals surface area contributed by atoms with Gasteiger partial charge in [0.25, 0.3) is 11.1 Å². The molecule has 2 aromatic carbocycles. The molecule has 0 atom stereocenters. The molecule has 0 spiro atoms. The van der Waals surface area contributed by atoms with Gasteiger partial charge in [0, 0.05) is 29.7 Å². The van der Waals surface area contributed by atoms with Gasteiger partial charge in [-0.1, -0.05) is 30.3 Å². The van der Waals surface area contributed by atoms with Crippen LogP contribution in [0.4, 0.5) is 14.9 Å². The van der Waals surface area contributed by atoms with E-state index in [1.165, 1.54) is 18.2 Å². The SMILES string of the molecule is Cn1cc(/C=C2\SC(=O)N(CC(=O)Nc3ccccc3F)C2=O)c2ccccc21. The number of carbonyl (C=O) groups excluding carboxylic acids is 3. The third-order valence-corrected chi connectivity index (χ3v) is 5.45. The molecule has 1 saturated heterocycles. The number of halogens is 1. The van der Waals surface area contributed by atoms with Gasteiger partial charge in [-0.2, -0.15) is 0 Å². The summed E-state index contributed by atoms with van der Waals surface area (Å²) in [4.78, 5) is 38.2. The number of fused-ring (bicyclic) bond motifs is 1. The zero-order chi connectivity index (χ0) is 20.5. The Hall–Kier alpha value is -3.39. The molecule has 0 saturated carbocycles. The molecule has 6 nitrogen and oxygen atoms in total. The molecule has 1 aromatic heterocycles. The molecular formula is C21H16FN3O3S. The van der Waals surface area contributed by atoms with Crippen LogP contribution in [-0.2, 0) is 16.6 Å². The summed E-state index contributed by atoms with van der Waals surface area (Å²) in [5, 5.41) is 2.80. The lowest BCUT2D eigenvalue weighted by molar-refractivity contribution is -0.127. The largest absolute Gasteiger partial charge is 0.350 e. The van der Waals surface area contributed by atoms with Crippen molar-refractivity contribution in [2.75, 3.05) is 11.9 Å². The third kappa shape index (κ3) is 3.66. The van der Waals surface area contributed by atoms with Gasteiger partial charge in [0.05, 0.1) is 10.6 Å². The van der Waals surface area contributed by atoms with E-state index in [0.717, 1.165) is 33.1 Å². The van der Waals surface area contributed by atoms with Crippen molar-refractivity contribution in [3.63, 3.8) is 0 Å². The van der Waals surface area contributed by atoms with Crippen LogP contribution in [0.3, 0.4) is 0 Å². The van der Waals surface area contributed by atoms with Gasteiger partial charge >= 0.3 is 0 Å². The van der Waals surface area contributed by atoms with E-state index >= 15 is 0 Å². The Labute approximate surface area is 170 Å². The Morgan fingerprint density at radius 1 is 1.14 bits per heavy atom. The zero-order valence-electron chi connectivity index (χ0n) is 15.4. The summed E-state index contributed by atoms with van der Waals surface area (Å²) >= 11 is 0.781. The standard InChI is InChI=1S/C21H16FN3O3S/c1-24-11-13(14-6-2-5-9-17(14)24)10-18-20(27)25(21(28)29-18)12-19(26)23-16-8-4-3-7-15(16)22/h2-11H,12H2,1H3,(H,23,26)/b18-10-. The molecule has 1 aliphatic rings. The van der Waals surface area contributed by atoms with Gasteiger partial charge in [0.1, 0.15) is 12.4 Å². The number of anilines is 1. The summed E-state index contributed by atoms with van der Waals surface area (Å²) < 4.78 is 15.6. The highest BCUT2D eigenvalue weighted by Crippen LogP contribution is 2.33. The van der Waals surface area contributed by atoms with Crippen LogP contribution in [-0.4, -0.2) is 33.1 Å². The second-order valence-electron chi connectivity index (χ2n) is 6.51. The molecule has 2 heterocycles. The number of benzene rings is 2. The number of thioether (sulfide) groups is 1. The minimum Gasteiger partial charge on any atom is -0.350 e. The first-order valence-corrected chi connectivity index (χ1v) is 9.59. The molecule has 3 aromatic rings. The molecule has 1 aliphatic heterocycles. The Morgan fingerprint density at radius 2 is 1.86 bits per heavy atom. The number of amides is 3. The van der Waals surface area contributed by atoms with E-state index < -0.39 is 29.4 Å². The van der Waals surface area contributed by atoms with Crippen LogP contribution in [0.1, 0.15) is 5.56 Å². The number of carbonyl (C=O) groups is 3. The van der Waals surface area contributed by atoms with E-state index in [1.54, 1.807) is 12.1 Å². The van der Waals surface area contributed by atoms with Crippen molar-refractivity contribution >= 4 is 51.5 Å². The first-order valence-electron chi connectivity index (χ1n) is 8.78. The molecule has 1 N–H and O–H groups in total. The van der Waals surface area contributed by atoms with Gasteiger partial charge < -0.3 is 9.88 Å². The highest BCUT2D eigenvalue weighted by molar-refractivity contribution is 8.18. The van der Waals surface area contributed by atoms with Crippen LogP contribution in [0.15, 0.2) is 59.6 Å². The second kappa shape index (κ2) is 7.56. The van der Waals surface area contributed by atoms with E-state index in [2.05, 4.69) is 5.32 Å². The molecule has 4 rings (SSSR count). The maximum absolute atomic E-state index is 13.7. The summed E-state index contributed by atoms with van der Waals surface area (Å²) in [7, 11) is 1.90. The van der Waals surface area contributed by atoms with Crippen LogP contribution in [0.25, 0.3) is 17.0 Å². The van der Waals surface area contributed by atoms with Gasteiger partial charge in [-0.3, -0.25) is 19.3 Å². The Morgan fingerprint density at radius 3 is 2.66 bits per heavy atom. The van der Waals surface area contributed by atoms with E-state index in [0.29, 0.717) is 0 Å². The fourth-order valence-electron chi connectivity index (χ4n) is 3.16. The fraction of sp³-hybridized carbons (Fsp3) is 0.0952. The Kier molecular flexibility index (Phi) is 4.94. The smallest absolute Gasteiger partial charge is 0.294 e.